The number of rotatable bonds is 5. The van der Waals surface area contributed by atoms with Gasteiger partial charge in [-0.25, -0.2) is 0 Å². The molecule has 0 amide bonds. The second-order valence-electron chi connectivity index (χ2n) is 4.96. The van der Waals surface area contributed by atoms with E-state index in [1.165, 1.54) is 6.07 Å². The van der Waals surface area contributed by atoms with Gasteiger partial charge in [-0.1, -0.05) is 39.3 Å². The predicted octanol–water partition coefficient (Wildman–Crippen LogP) is 4.65. The van der Waals surface area contributed by atoms with Crippen molar-refractivity contribution in [1.82, 2.24) is 0 Å². The maximum Gasteiger partial charge on any atom is 0.419 e. The molecule has 0 heterocycles. The second kappa shape index (κ2) is 8.06. The SMILES string of the molecule is N/C(=N\O)c1ccc(OC/C=C/c2cccc(Br)c2)c(C(F)(F)F)c1. The lowest BCUT2D eigenvalue weighted by molar-refractivity contribution is -0.138. The van der Waals surface area contributed by atoms with E-state index in [9.17, 15) is 13.2 Å². The van der Waals surface area contributed by atoms with Crippen molar-refractivity contribution in [1.29, 1.82) is 0 Å². The van der Waals surface area contributed by atoms with Crippen LogP contribution >= 0.6 is 15.9 Å². The molecule has 0 aliphatic heterocycles. The van der Waals surface area contributed by atoms with Crippen molar-refractivity contribution in [2.45, 2.75) is 6.18 Å². The third-order valence-corrected chi connectivity index (χ3v) is 3.68. The zero-order valence-electron chi connectivity index (χ0n) is 12.8. The molecule has 2 aromatic rings. The van der Waals surface area contributed by atoms with Crippen LogP contribution in [0, 0.1) is 0 Å². The van der Waals surface area contributed by atoms with Crippen molar-refractivity contribution in [2.24, 2.45) is 10.9 Å². The number of oxime groups is 1. The molecule has 0 saturated heterocycles. The molecular weight excluding hydrogens is 401 g/mol. The van der Waals surface area contributed by atoms with Crippen LogP contribution in [-0.4, -0.2) is 17.6 Å². The van der Waals surface area contributed by atoms with Crippen LogP contribution in [0.15, 0.2) is 58.2 Å². The highest BCUT2D eigenvalue weighted by atomic mass is 79.9. The number of hydrogen-bond donors (Lipinski definition) is 2. The first-order valence-corrected chi connectivity index (χ1v) is 7.84. The van der Waals surface area contributed by atoms with Crippen molar-refractivity contribution < 1.29 is 23.1 Å². The highest BCUT2D eigenvalue weighted by molar-refractivity contribution is 9.10. The third-order valence-electron chi connectivity index (χ3n) is 3.18. The number of alkyl halides is 3. The fraction of sp³-hybridized carbons (Fsp3) is 0.118. The number of benzene rings is 2. The second-order valence-corrected chi connectivity index (χ2v) is 5.88. The summed E-state index contributed by atoms with van der Waals surface area (Å²) in [5, 5.41) is 11.3. The van der Waals surface area contributed by atoms with E-state index in [1.807, 2.05) is 24.3 Å². The summed E-state index contributed by atoms with van der Waals surface area (Å²) in [6, 6.07) is 10.6. The lowest BCUT2D eigenvalue weighted by Crippen LogP contribution is -2.16. The van der Waals surface area contributed by atoms with E-state index in [0.29, 0.717) is 0 Å². The lowest BCUT2D eigenvalue weighted by Gasteiger charge is -2.14. The number of nitrogens with zero attached hydrogens (tertiary/aromatic N) is 1. The van der Waals surface area contributed by atoms with Crippen LogP contribution in [0.5, 0.6) is 5.75 Å². The quantitative estimate of drug-likeness (QED) is 0.323. The largest absolute Gasteiger partial charge is 0.489 e. The molecule has 8 heteroatoms. The molecule has 2 aromatic carbocycles. The smallest absolute Gasteiger partial charge is 0.419 e. The molecule has 132 valence electrons. The molecular formula is C17H14BrF3N2O2. The molecule has 4 nitrogen and oxygen atoms in total. The van der Waals surface area contributed by atoms with Crippen LogP contribution in [0.3, 0.4) is 0 Å². The first-order valence-electron chi connectivity index (χ1n) is 7.05. The molecule has 0 radical (unpaired) electrons. The van der Waals surface area contributed by atoms with Gasteiger partial charge in [0.2, 0.25) is 0 Å². The maximum atomic E-state index is 13.2. The van der Waals surface area contributed by atoms with Gasteiger partial charge in [-0.15, -0.1) is 0 Å². The standard InChI is InChI=1S/C17H14BrF3N2O2/c18-13-5-1-3-11(9-13)4-2-8-25-15-7-6-12(16(22)23-24)10-14(15)17(19,20)21/h1-7,9-10,24H,8H2,(H2,22,23)/b4-2+. The van der Waals surface area contributed by atoms with Gasteiger partial charge in [0.15, 0.2) is 5.84 Å². The minimum Gasteiger partial charge on any atom is -0.489 e. The van der Waals surface area contributed by atoms with Crippen molar-refractivity contribution in [2.75, 3.05) is 6.61 Å². The molecule has 3 N–H and O–H groups in total. The van der Waals surface area contributed by atoms with Gasteiger partial charge in [0.1, 0.15) is 12.4 Å². The molecule has 0 saturated carbocycles. The van der Waals surface area contributed by atoms with Gasteiger partial charge in [0.25, 0.3) is 0 Å². The molecule has 0 bridgehead atoms. The maximum absolute atomic E-state index is 13.2. The normalized spacial score (nSPS) is 12.6. The third kappa shape index (κ3) is 5.25. The highest BCUT2D eigenvalue weighted by Gasteiger charge is 2.35. The van der Waals surface area contributed by atoms with Crippen LogP contribution < -0.4 is 10.5 Å². The molecule has 0 atom stereocenters. The van der Waals surface area contributed by atoms with Gasteiger partial charge < -0.3 is 15.7 Å². The number of ether oxygens (including phenoxy) is 1. The van der Waals surface area contributed by atoms with E-state index >= 15 is 0 Å². The molecule has 25 heavy (non-hydrogen) atoms. The summed E-state index contributed by atoms with van der Waals surface area (Å²) in [5.74, 6) is -0.743. The van der Waals surface area contributed by atoms with E-state index in [1.54, 1.807) is 12.2 Å². The monoisotopic (exact) mass is 414 g/mol. The van der Waals surface area contributed by atoms with Gasteiger partial charge in [0.05, 0.1) is 5.56 Å². The fourth-order valence-electron chi connectivity index (χ4n) is 2.03. The molecule has 0 unspecified atom stereocenters. The van der Waals surface area contributed by atoms with Crippen LogP contribution in [0.2, 0.25) is 0 Å². The van der Waals surface area contributed by atoms with E-state index in [2.05, 4.69) is 21.1 Å². The van der Waals surface area contributed by atoms with Crippen LogP contribution in [0.4, 0.5) is 13.2 Å². The average molecular weight is 415 g/mol. The van der Waals surface area contributed by atoms with Crippen molar-refractivity contribution in [3.63, 3.8) is 0 Å². The first-order chi connectivity index (χ1) is 11.8. The minimum absolute atomic E-state index is 0.0431. The number of amidine groups is 1. The van der Waals surface area contributed by atoms with Crippen LogP contribution in [-0.2, 0) is 6.18 Å². The summed E-state index contributed by atoms with van der Waals surface area (Å²) < 4.78 is 45.6. The summed E-state index contributed by atoms with van der Waals surface area (Å²) >= 11 is 3.34. The first kappa shape index (κ1) is 18.9. The molecule has 2 rings (SSSR count). The van der Waals surface area contributed by atoms with E-state index in [-0.39, 0.29) is 17.9 Å². The molecule has 0 aliphatic carbocycles. The number of nitrogens with two attached hydrogens (primary N) is 1. The summed E-state index contributed by atoms with van der Waals surface area (Å²) in [4.78, 5) is 0. The fourth-order valence-corrected chi connectivity index (χ4v) is 2.44. The van der Waals surface area contributed by atoms with Crippen molar-refractivity contribution in [3.05, 3.63) is 69.7 Å². The summed E-state index contributed by atoms with van der Waals surface area (Å²) in [5.41, 5.74) is 5.17. The average Bonchev–Trinajstić information content (AvgIpc) is 2.57. The Kier molecular flexibility index (Phi) is 6.08. The Bertz CT molecular complexity index is 805. The lowest BCUT2D eigenvalue weighted by atomic mass is 10.1. The topological polar surface area (TPSA) is 67.8 Å². The molecule has 0 spiro atoms. The van der Waals surface area contributed by atoms with Crippen LogP contribution in [0.1, 0.15) is 16.7 Å². The Labute approximate surface area is 150 Å². The number of hydrogen-bond acceptors (Lipinski definition) is 3. The van der Waals surface area contributed by atoms with Crippen LogP contribution in [0.25, 0.3) is 6.08 Å². The Hall–Kier alpha value is -2.48. The van der Waals surface area contributed by atoms with Gasteiger partial charge >= 0.3 is 6.18 Å². The molecule has 0 aliphatic rings. The van der Waals surface area contributed by atoms with Crippen molar-refractivity contribution >= 4 is 27.8 Å². The van der Waals surface area contributed by atoms with E-state index < -0.39 is 17.6 Å². The predicted molar refractivity (Wildman–Crippen MR) is 92.6 cm³/mol. The van der Waals surface area contributed by atoms with Crippen molar-refractivity contribution in [3.8, 4) is 5.75 Å². The van der Waals surface area contributed by atoms with Gasteiger partial charge in [0, 0.05) is 10.0 Å². The molecule has 0 fully saturated rings. The summed E-state index contributed by atoms with van der Waals surface area (Å²) in [6.45, 7) is -0.0431. The van der Waals surface area contributed by atoms with E-state index in [0.717, 1.165) is 22.2 Å². The number of halogens is 4. The Morgan fingerprint density at radius 3 is 2.64 bits per heavy atom. The minimum atomic E-state index is -4.63. The summed E-state index contributed by atoms with van der Waals surface area (Å²) in [6.07, 6.45) is -1.28. The Morgan fingerprint density at radius 2 is 2.00 bits per heavy atom. The summed E-state index contributed by atoms with van der Waals surface area (Å²) in [7, 11) is 0. The zero-order valence-corrected chi connectivity index (χ0v) is 14.4. The Balaban J connectivity index is 2.16. The van der Waals surface area contributed by atoms with Gasteiger partial charge in [-0.3, -0.25) is 0 Å². The Morgan fingerprint density at radius 1 is 1.24 bits per heavy atom. The highest BCUT2D eigenvalue weighted by Crippen LogP contribution is 2.36. The van der Waals surface area contributed by atoms with Gasteiger partial charge in [-0.2, -0.15) is 13.2 Å². The van der Waals surface area contributed by atoms with E-state index in [4.69, 9.17) is 15.7 Å². The molecule has 0 aromatic heterocycles. The zero-order chi connectivity index (χ0) is 18.4. The van der Waals surface area contributed by atoms with Gasteiger partial charge in [-0.05, 0) is 42.0 Å².